The quantitative estimate of drug-likeness (QED) is 0.861. The van der Waals surface area contributed by atoms with E-state index in [9.17, 15) is 13.6 Å². The third kappa shape index (κ3) is 2.63. The Labute approximate surface area is 92.9 Å². The first-order valence-corrected chi connectivity index (χ1v) is 5.18. The third-order valence-corrected chi connectivity index (χ3v) is 2.47. The molecule has 0 saturated carbocycles. The number of alkyl halides is 3. The third-order valence-electron chi connectivity index (χ3n) is 1.87. The first kappa shape index (κ1) is 11.9. The highest BCUT2D eigenvalue weighted by Crippen LogP contribution is 2.20. The summed E-state index contributed by atoms with van der Waals surface area (Å²) in [4.78, 5) is 13.3. The molecule has 0 aromatic carbocycles. The van der Waals surface area contributed by atoms with Gasteiger partial charge in [-0.3, -0.25) is 4.79 Å². The Balaban J connectivity index is 3.33. The van der Waals surface area contributed by atoms with Crippen molar-refractivity contribution in [2.45, 2.75) is 18.2 Å². The first-order chi connectivity index (χ1) is 7.10. The fourth-order valence-corrected chi connectivity index (χ4v) is 1.58. The van der Waals surface area contributed by atoms with Crippen molar-refractivity contribution in [1.82, 2.24) is 4.98 Å². The summed E-state index contributed by atoms with van der Waals surface area (Å²) >= 11 is 3.06. The number of aromatic nitrogens is 1. The molecule has 15 heavy (non-hydrogen) atoms. The van der Waals surface area contributed by atoms with Gasteiger partial charge in [0, 0.05) is 10.9 Å². The molecule has 1 heterocycles. The van der Waals surface area contributed by atoms with Crippen molar-refractivity contribution in [2.24, 2.45) is 0 Å². The van der Waals surface area contributed by atoms with Gasteiger partial charge in [-0.25, -0.2) is 8.78 Å². The van der Waals surface area contributed by atoms with Crippen molar-refractivity contribution in [3.05, 3.63) is 33.2 Å². The predicted octanol–water partition coefficient (Wildman–Crippen LogP) is 2.27. The zero-order chi connectivity index (χ0) is 11.4. The summed E-state index contributed by atoms with van der Waals surface area (Å²) < 4.78 is 25.0. The minimum absolute atomic E-state index is 0.142. The monoisotopic (exact) mass is 276 g/mol. The fourth-order valence-electron chi connectivity index (χ4n) is 1.16. The van der Waals surface area contributed by atoms with E-state index in [0.29, 0.717) is 5.56 Å². The van der Waals surface area contributed by atoms with Crippen molar-refractivity contribution in [3.8, 4) is 6.07 Å². The molecule has 3 nitrogen and oxygen atoms in total. The molecule has 0 saturated heterocycles. The Morgan fingerprint density at radius 2 is 2.20 bits per heavy atom. The Morgan fingerprint density at radius 3 is 2.67 bits per heavy atom. The van der Waals surface area contributed by atoms with Crippen LogP contribution in [-0.2, 0) is 11.8 Å². The van der Waals surface area contributed by atoms with Crippen molar-refractivity contribution in [3.63, 3.8) is 0 Å². The van der Waals surface area contributed by atoms with Gasteiger partial charge in [-0.05, 0) is 11.6 Å². The van der Waals surface area contributed by atoms with Gasteiger partial charge in [-0.2, -0.15) is 5.26 Å². The van der Waals surface area contributed by atoms with Gasteiger partial charge in [0.05, 0.1) is 18.2 Å². The molecular weight excluding hydrogens is 270 g/mol. The highest BCUT2D eigenvalue weighted by atomic mass is 79.9. The number of rotatable bonds is 3. The molecule has 0 aliphatic heterocycles. The van der Waals surface area contributed by atoms with Crippen molar-refractivity contribution < 1.29 is 8.78 Å². The average molecular weight is 277 g/mol. The average Bonchev–Trinajstić information content (AvgIpc) is 2.20. The lowest BCUT2D eigenvalue weighted by Gasteiger charge is -2.06. The number of hydrogen-bond donors (Lipinski definition) is 1. The molecular formula is C9H7BrF2N2O. The van der Waals surface area contributed by atoms with E-state index in [1.54, 1.807) is 6.07 Å². The van der Waals surface area contributed by atoms with Gasteiger partial charge < -0.3 is 4.98 Å². The second kappa shape index (κ2) is 5.03. The van der Waals surface area contributed by atoms with Crippen LogP contribution in [0.4, 0.5) is 8.78 Å². The minimum Gasteiger partial charge on any atom is -0.321 e. The van der Waals surface area contributed by atoms with Crippen LogP contribution >= 0.6 is 15.9 Å². The Bertz CT molecular complexity index is 450. The Morgan fingerprint density at radius 1 is 1.53 bits per heavy atom. The number of H-pyrrole nitrogens is 1. The number of nitrogens with one attached hydrogen (secondary N) is 1. The lowest BCUT2D eigenvalue weighted by molar-refractivity contribution is 0.144. The molecule has 0 fully saturated rings. The molecule has 1 aromatic rings. The van der Waals surface area contributed by atoms with Crippen LogP contribution in [0.3, 0.4) is 0 Å². The zero-order valence-corrected chi connectivity index (χ0v) is 9.14. The predicted molar refractivity (Wildman–Crippen MR) is 54.0 cm³/mol. The summed E-state index contributed by atoms with van der Waals surface area (Å²) in [6, 6.07) is 3.11. The molecule has 0 bridgehead atoms. The molecule has 0 spiro atoms. The molecule has 80 valence electrons. The number of nitrogens with zero attached hydrogens (tertiary/aromatic N) is 1. The van der Waals surface area contributed by atoms with Crippen LogP contribution in [-0.4, -0.2) is 4.98 Å². The molecule has 1 aromatic heterocycles. The highest BCUT2D eigenvalue weighted by Gasteiger charge is 2.15. The van der Waals surface area contributed by atoms with Crippen LogP contribution in [0.15, 0.2) is 10.9 Å². The van der Waals surface area contributed by atoms with Gasteiger partial charge in [0.1, 0.15) is 0 Å². The van der Waals surface area contributed by atoms with Gasteiger partial charge in [-0.1, -0.05) is 15.9 Å². The van der Waals surface area contributed by atoms with E-state index in [1.165, 1.54) is 6.07 Å². The molecule has 6 heteroatoms. The molecule has 1 N–H and O–H groups in total. The second-order valence-electron chi connectivity index (χ2n) is 2.83. The van der Waals surface area contributed by atoms with Gasteiger partial charge in [-0.15, -0.1) is 0 Å². The first-order valence-electron chi connectivity index (χ1n) is 4.06. The van der Waals surface area contributed by atoms with Crippen molar-refractivity contribution in [1.29, 1.82) is 5.26 Å². The molecule has 0 radical (unpaired) electrons. The number of nitriles is 1. The van der Waals surface area contributed by atoms with Crippen molar-refractivity contribution >= 4 is 15.9 Å². The number of halogens is 3. The summed E-state index contributed by atoms with van der Waals surface area (Å²) in [6.45, 7) is 0. The van der Waals surface area contributed by atoms with Crippen molar-refractivity contribution in [2.75, 3.05) is 0 Å². The molecule has 0 aliphatic carbocycles. The van der Waals surface area contributed by atoms with E-state index < -0.39 is 17.7 Å². The van der Waals surface area contributed by atoms with E-state index in [0.717, 1.165) is 0 Å². The van der Waals surface area contributed by atoms with Gasteiger partial charge in [0.2, 0.25) is 0 Å². The Hall–Kier alpha value is -1.22. The van der Waals surface area contributed by atoms with Gasteiger partial charge in [0.15, 0.2) is 0 Å². The highest BCUT2D eigenvalue weighted by molar-refractivity contribution is 9.08. The van der Waals surface area contributed by atoms with E-state index in [1.807, 2.05) is 0 Å². The van der Waals surface area contributed by atoms with E-state index in [4.69, 9.17) is 5.26 Å². The summed E-state index contributed by atoms with van der Waals surface area (Å²) in [5.41, 5.74) is -0.513. The number of aromatic amines is 1. The maximum Gasteiger partial charge on any atom is 0.278 e. The molecule has 1 rings (SSSR count). The minimum atomic E-state index is -2.77. The van der Waals surface area contributed by atoms with Crippen LogP contribution in [0, 0.1) is 11.3 Å². The summed E-state index contributed by atoms with van der Waals surface area (Å²) in [5.74, 6) is 0. The lowest BCUT2D eigenvalue weighted by atomic mass is 10.1. The maximum atomic E-state index is 12.5. The topological polar surface area (TPSA) is 56.6 Å². The number of hydrogen-bond acceptors (Lipinski definition) is 2. The van der Waals surface area contributed by atoms with Crippen LogP contribution in [0.5, 0.6) is 0 Å². The van der Waals surface area contributed by atoms with Crippen LogP contribution in [0.1, 0.15) is 23.2 Å². The lowest BCUT2D eigenvalue weighted by Crippen LogP contribution is -2.16. The fraction of sp³-hybridized carbons (Fsp3) is 0.333. The summed E-state index contributed by atoms with van der Waals surface area (Å²) in [6.07, 6.45) is -2.92. The van der Waals surface area contributed by atoms with Crippen LogP contribution in [0.2, 0.25) is 0 Å². The molecule has 0 aliphatic rings. The maximum absolute atomic E-state index is 12.5. The van der Waals surface area contributed by atoms with Crippen LogP contribution < -0.4 is 5.56 Å². The van der Waals surface area contributed by atoms with Gasteiger partial charge >= 0.3 is 0 Å². The van der Waals surface area contributed by atoms with Crippen LogP contribution in [0.25, 0.3) is 0 Å². The smallest absolute Gasteiger partial charge is 0.278 e. The van der Waals surface area contributed by atoms with E-state index in [-0.39, 0.29) is 17.3 Å². The summed E-state index contributed by atoms with van der Waals surface area (Å²) in [5, 5.41) is 8.73. The number of pyridine rings is 1. The van der Waals surface area contributed by atoms with Gasteiger partial charge in [0.25, 0.3) is 12.0 Å². The summed E-state index contributed by atoms with van der Waals surface area (Å²) in [7, 11) is 0. The largest absolute Gasteiger partial charge is 0.321 e. The molecule has 0 unspecified atom stereocenters. The SMILES string of the molecule is N#CCc1cc(CBr)c(=O)[nH]c1C(F)F. The molecule has 0 amide bonds. The normalized spacial score (nSPS) is 10.3. The van der Waals surface area contributed by atoms with E-state index >= 15 is 0 Å². The molecule has 0 atom stereocenters. The zero-order valence-electron chi connectivity index (χ0n) is 7.56. The Kier molecular flexibility index (Phi) is 3.97. The standard InChI is InChI=1S/C9H7BrF2N2O/c10-4-6-3-5(1-2-13)7(8(11)12)14-9(6)15/h3,8H,1,4H2,(H,14,15). The second-order valence-corrected chi connectivity index (χ2v) is 3.39. The van der Waals surface area contributed by atoms with E-state index in [2.05, 4.69) is 20.9 Å².